The van der Waals surface area contributed by atoms with Crippen LogP contribution in [-0.2, 0) is 18.0 Å². The summed E-state index contributed by atoms with van der Waals surface area (Å²) in [7, 11) is 2.28. The Morgan fingerprint density at radius 3 is 1.87 bits per heavy atom. The smallest absolute Gasteiger partial charge is 0.377 e. The third kappa shape index (κ3) is 5.60. The van der Waals surface area contributed by atoms with E-state index in [1.165, 1.54) is 0 Å². The molecule has 0 saturated carbocycles. The van der Waals surface area contributed by atoms with Crippen LogP contribution in [0.1, 0.15) is 20.3 Å². The molecule has 0 aromatic carbocycles. The third-order valence-electron chi connectivity index (χ3n) is 2.12. The Labute approximate surface area is 93.2 Å². The molecule has 0 rings (SSSR count). The van der Waals surface area contributed by atoms with Gasteiger partial charge in [0.1, 0.15) is 6.23 Å². The van der Waals surface area contributed by atoms with Crippen molar-refractivity contribution in [2.24, 2.45) is 5.73 Å². The van der Waals surface area contributed by atoms with Crippen molar-refractivity contribution >= 4 is 8.80 Å². The van der Waals surface area contributed by atoms with Crippen LogP contribution in [0.25, 0.3) is 0 Å². The number of rotatable bonds is 8. The summed E-state index contributed by atoms with van der Waals surface area (Å²) in [4.78, 5) is 0. The molecule has 0 aliphatic rings. The second-order valence-electron chi connectivity index (χ2n) is 3.56. The maximum absolute atomic E-state index is 5.78. The Morgan fingerprint density at radius 1 is 1.07 bits per heavy atom. The Balaban J connectivity index is 3.99. The molecule has 0 bridgehead atoms. The summed E-state index contributed by atoms with van der Waals surface area (Å²) < 4.78 is 21.2. The second-order valence-corrected chi connectivity index (χ2v) is 6.65. The fourth-order valence-electron chi connectivity index (χ4n) is 1.29. The number of hydrogen-bond donors (Lipinski definition) is 1. The largest absolute Gasteiger partial charge is 0.500 e. The van der Waals surface area contributed by atoms with Crippen LogP contribution >= 0.6 is 0 Å². The Morgan fingerprint density at radius 2 is 1.53 bits per heavy atom. The lowest BCUT2D eigenvalue weighted by Gasteiger charge is -2.26. The maximum Gasteiger partial charge on any atom is 0.500 e. The van der Waals surface area contributed by atoms with Crippen molar-refractivity contribution in [2.75, 3.05) is 21.3 Å². The normalized spacial score (nSPS) is 14.6. The van der Waals surface area contributed by atoms with Gasteiger partial charge in [-0.3, -0.25) is 0 Å². The zero-order valence-electron chi connectivity index (χ0n) is 10.3. The molecule has 6 heteroatoms. The van der Waals surface area contributed by atoms with E-state index in [2.05, 4.69) is 0 Å². The van der Waals surface area contributed by atoms with Gasteiger partial charge in [0, 0.05) is 27.4 Å². The second kappa shape index (κ2) is 7.32. The van der Waals surface area contributed by atoms with Gasteiger partial charge in [-0.05, 0) is 20.3 Å². The molecule has 0 fully saturated rings. The van der Waals surface area contributed by atoms with Crippen molar-refractivity contribution in [1.29, 1.82) is 0 Å². The van der Waals surface area contributed by atoms with E-state index in [4.69, 9.17) is 23.7 Å². The van der Waals surface area contributed by atoms with Crippen LogP contribution in [0.5, 0.6) is 0 Å². The Kier molecular flexibility index (Phi) is 7.32. The summed E-state index contributed by atoms with van der Waals surface area (Å²) in [5.74, 6) is 0. The van der Waals surface area contributed by atoms with Crippen LogP contribution in [0, 0.1) is 0 Å². The van der Waals surface area contributed by atoms with E-state index in [-0.39, 0.29) is 12.3 Å². The molecule has 1 atom stereocenters. The summed E-state index contributed by atoms with van der Waals surface area (Å²) in [6.45, 7) is 3.90. The highest BCUT2D eigenvalue weighted by Crippen LogP contribution is 2.16. The van der Waals surface area contributed by atoms with Gasteiger partial charge in [0.2, 0.25) is 0 Å². The monoisotopic (exact) mass is 237 g/mol. The molecule has 0 amide bonds. The van der Waals surface area contributed by atoms with Crippen LogP contribution in [0.2, 0.25) is 6.04 Å². The van der Waals surface area contributed by atoms with Crippen LogP contribution in [0.15, 0.2) is 0 Å². The molecule has 0 aliphatic heterocycles. The summed E-state index contributed by atoms with van der Waals surface area (Å²) in [6, 6.07) is 0.657. The number of hydrogen-bond acceptors (Lipinski definition) is 5. The number of ether oxygens (including phenoxy) is 1. The average molecular weight is 237 g/mol. The molecule has 0 saturated heterocycles. The van der Waals surface area contributed by atoms with Crippen molar-refractivity contribution < 1.29 is 18.0 Å². The highest BCUT2D eigenvalue weighted by Gasteiger charge is 2.37. The average Bonchev–Trinajstić information content (AvgIpc) is 2.20. The summed E-state index contributed by atoms with van der Waals surface area (Å²) in [6.07, 6.45) is 0.501. The lowest BCUT2D eigenvalue weighted by atomic mass is 10.4. The molecule has 0 radical (unpaired) electrons. The van der Waals surface area contributed by atoms with Gasteiger partial charge in [-0.15, -0.1) is 0 Å². The first-order valence-corrected chi connectivity index (χ1v) is 6.99. The standard InChI is InChI=1S/C9H23NO4Si/c1-8(2)14-9(10)6-7-15(11-3,12-4)13-5/h8-9H,6-7,10H2,1-5H3. The van der Waals surface area contributed by atoms with Crippen molar-refractivity contribution in [1.82, 2.24) is 0 Å². The minimum absolute atomic E-state index is 0.128. The first-order chi connectivity index (χ1) is 6.99. The first kappa shape index (κ1) is 15.0. The maximum atomic E-state index is 5.78. The molecule has 92 valence electrons. The lowest BCUT2D eigenvalue weighted by molar-refractivity contribution is 0.00622. The van der Waals surface area contributed by atoms with Crippen LogP contribution in [0.3, 0.4) is 0 Å². The molecule has 0 aromatic rings. The minimum atomic E-state index is -2.49. The third-order valence-corrected chi connectivity index (χ3v) is 4.88. The predicted molar refractivity (Wildman–Crippen MR) is 60.4 cm³/mol. The fourth-order valence-corrected chi connectivity index (χ4v) is 3.04. The van der Waals surface area contributed by atoms with Gasteiger partial charge in [0.05, 0.1) is 6.10 Å². The van der Waals surface area contributed by atoms with Crippen molar-refractivity contribution in [3.05, 3.63) is 0 Å². The van der Waals surface area contributed by atoms with Crippen LogP contribution in [-0.4, -0.2) is 42.5 Å². The van der Waals surface area contributed by atoms with Crippen LogP contribution < -0.4 is 5.73 Å². The van der Waals surface area contributed by atoms with E-state index >= 15 is 0 Å². The lowest BCUT2D eigenvalue weighted by Crippen LogP contribution is -2.44. The molecule has 0 spiro atoms. The quantitative estimate of drug-likeness (QED) is 0.503. The molecule has 0 aliphatic carbocycles. The van der Waals surface area contributed by atoms with Gasteiger partial charge in [-0.2, -0.15) is 0 Å². The summed E-state index contributed by atoms with van der Waals surface area (Å²) >= 11 is 0. The van der Waals surface area contributed by atoms with E-state index in [9.17, 15) is 0 Å². The van der Waals surface area contributed by atoms with E-state index in [1.807, 2.05) is 13.8 Å². The van der Waals surface area contributed by atoms with E-state index in [0.29, 0.717) is 12.5 Å². The highest BCUT2D eigenvalue weighted by atomic mass is 28.4. The number of nitrogens with two attached hydrogens (primary N) is 1. The van der Waals surface area contributed by atoms with E-state index in [1.54, 1.807) is 21.3 Å². The van der Waals surface area contributed by atoms with E-state index < -0.39 is 8.80 Å². The summed E-state index contributed by atoms with van der Waals surface area (Å²) in [5, 5.41) is 0. The first-order valence-electron chi connectivity index (χ1n) is 5.06. The summed E-state index contributed by atoms with van der Waals surface area (Å²) in [5.41, 5.74) is 5.78. The zero-order valence-corrected chi connectivity index (χ0v) is 11.3. The van der Waals surface area contributed by atoms with Gasteiger partial charge in [-0.1, -0.05) is 0 Å². The molecule has 2 N–H and O–H groups in total. The van der Waals surface area contributed by atoms with Crippen LogP contribution in [0.4, 0.5) is 0 Å². The van der Waals surface area contributed by atoms with Gasteiger partial charge in [0.15, 0.2) is 0 Å². The van der Waals surface area contributed by atoms with E-state index in [0.717, 1.165) is 0 Å². The minimum Gasteiger partial charge on any atom is -0.377 e. The fraction of sp³-hybridized carbons (Fsp3) is 1.00. The zero-order chi connectivity index (χ0) is 11.9. The molecule has 0 heterocycles. The predicted octanol–water partition coefficient (Wildman–Crippen LogP) is 0.964. The molecular weight excluding hydrogens is 214 g/mol. The Bertz CT molecular complexity index is 156. The highest BCUT2D eigenvalue weighted by molar-refractivity contribution is 6.60. The molecule has 0 aromatic heterocycles. The van der Waals surface area contributed by atoms with Crippen molar-refractivity contribution in [2.45, 2.75) is 38.6 Å². The van der Waals surface area contributed by atoms with Gasteiger partial charge < -0.3 is 23.7 Å². The molecule has 5 nitrogen and oxygen atoms in total. The molecule has 1 unspecified atom stereocenters. The molecular formula is C9H23NO4Si. The van der Waals surface area contributed by atoms with Gasteiger partial charge in [0.25, 0.3) is 0 Å². The Hall–Kier alpha value is 0.0169. The van der Waals surface area contributed by atoms with Crippen molar-refractivity contribution in [3.8, 4) is 0 Å². The molecule has 15 heavy (non-hydrogen) atoms. The SMILES string of the molecule is CO[Si](CCC(N)OC(C)C)(OC)OC. The van der Waals surface area contributed by atoms with Gasteiger partial charge in [-0.25, -0.2) is 0 Å². The topological polar surface area (TPSA) is 62.9 Å². The van der Waals surface area contributed by atoms with Crippen molar-refractivity contribution in [3.63, 3.8) is 0 Å². The van der Waals surface area contributed by atoms with Gasteiger partial charge >= 0.3 is 8.80 Å².